The molecule has 3 heterocycles. The zero-order chi connectivity index (χ0) is 25.0. The second kappa shape index (κ2) is 10.6. The summed E-state index contributed by atoms with van der Waals surface area (Å²) >= 11 is 0. The number of hydrogen-bond donors (Lipinski definition) is 1. The molecule has 5 rings (SSSR count). The Morgan fingerprint density at radius 3 is 2.25 bits per heavy atom. The number of hydrogen-bond acceptors (Lipinski definition) is 6. The van der Waals surface area contributed by atoms with Gasteiger partial charge in [-0.1, -0.05) is 30.3 Å². The van der Waals surface area contributed by atoms with Crippen LogP contribution in [0.5, 0.6) is 17.2 Å². The number of likely N-dealkylation sites (tertiary alicyclic amines) is 2. The van der Waals surface area contributed by atoms with Crippen molar-refractivity contribution < 1.29 is 14.3 Å². The zero-order valence-corrected chi connectivity index (χ0v) is 20.9. The number of rotatable bonds is 6. The molecule has 2 aliphatic heterocycles. The van der Waals surface area contributed by atoms with Crippen LogP contribution in [0.1, 0.15) is 41.6 Å². The molecule has 3 aromatic rings. The van der Waals surface area contributed by atoms with E-state index in [1.54, 1.807) is 25.4 Å². The van der Waals surface area contributed by atoms with E-state index in [9.17, 15) is 4.79 Å². The van der Waals surface area contributed by atoms with Crippen LogP contribution in [0.15, 0.2) is 66.9 Å². The maximum atomic E-state index is 12.9. The van der Waals surface area contributed by atoms with Crippen LogP contribution in [0, 0.1) is 5.41 Å². The molecule has 0 unspecified atom stereocenters. The topological polar surface area (TPSA) is 80.9 Å². The lowest BCUT2D eigenvalue weighted by molar-refractivity contribution is 0.0284. The smallest absolute Gasteiger partial charge is 0.254 e. The van der Waals surface area contributed by atoms with E-state index in [1.807, 2.05) is 41.3 Å². The number of carbonyl (C=O) groups excluding carboxylic acids is 1. The average molecular weight is 487 g/mol. The van der Waals surface area contributed by atoms with E-state index >= 15 is 0 Å². The van der Waals surface area contributed by atoms with E-state index in [-0.39, 0.29) is 5.91 Å². The molecule has 36 heavy (non-hydrogen) atoms. The molecular formula is C29H34N4O3. The fourth-order valence-electron chi connectivity index (χ4n) is 5.43. The summed E-state index contributed by atoms with van der Waals surface area (Å²) in [5.41, 5.74) is 7.90. The number of benzene rings is 2. The first kappa shape index (κ1) is 24.1. The largest absolute Gasteiger partial charge is 0.493 e. The second-order valence-electron chi connectivity index (χ2n) is 9.90. The standard InChI is InChI=1S/C29H34N4O3/c1-35-25-8-4-5-9-26(25)36-24-7-3-2-6-23(24)21-32-16-11-29(12-17-32)13-18-33(19-14-29)28(34)22-10-15-31-27(30)20-22/h2-10,15,20H,11-14,16-19,21H2,1H3,(H2,30,31). The van der Waals surface area contributed by atoms with Crippen LogP contribution in [0.25, 0.3) is 0 Å². The minimum atomic E-state index is 0.0584. The van der Waals surface area contributed by atoms with Crippen molar-refractivity contribution in [3.63, 3.8) is 0 Å². The molecule has 2 fully saturated rings. The van der Waals surface area contributed by atoms with E-state index < -0.39 is 0 Å². The van der Waals surface area contributed by atoms with Crippen LogP contribution >= 0.6 is 0 Å². The molecule has 2 N–H and O–H groups in total. The number of nitrogens with two attached hydrogens (primary N) is 1. The third kappa shape index (κ3) is 5.31. The number of nitrogens with zero attached hydrogens (tertiary/aromatic N) is 3. The molecule has 1 aromatic heterocycles. The maximum absolute atomic E-state index is 12.9. The van der Waals surface area contributed by atoms with Crippen molar-refractivity contribution in [2.24, 2.45) is 5.41 Å². The molecule has 2 aromatic carbocycles. The van der Waals surface area contributed by atoms with Gasteiger partial charge in [-0.25, -0.2) is 4.98 Å². The van der Waals surface area contributed by atoms with E-state index in [1.165, 1.54) is 5.56 Å². The molecule has 7 nitrogen and oxygen atoms in total. The lowest BCUT2D eigenvalue weighted by atomic mass is 9.71. The number of pyridine rings is 1. The van der Waals surface area contributed by atoms with Crippen molar-refractivity contribution in [3.05, 3.63) is 78.0 Å². The summed E-state index contributed by atoms with van der Waals surface area (Å²) in [6.07, 6.45) is 6.03. The Morgan fingerprint density at radius 1 is 0.917 bits per heavy atom. The molecule has 0 saturated carbocycles. The Kier molecular flexibility index (Phi) is 7.09. The van der Waals surface area contributed by atoms with Crippen LogP contribution < -0.4 is 15.2 Å². The van der Waals surface area contributed by atoms with Gasteiger partial charge in [0.2, 0.25) is 0 Å². The number of piperidine rings is 2. The molecule has 1 amide bonds. The van der Waals surface area contributed by atoms with Crippen molar-refractivity contribution >= 4 is 11.7 Å². The molecule has 2 aliphatic rings. The van der Waals surface area contributed by atoms with Gasteiger partial charge < -0.3 is 20.1 Å². The Bertz CT molecular complexity index is 1200. The first-order chi connectivity index (χ1) is 17.5. The van der Waals surface area contributed by atoms with Gasteiger partial charge in [-0.15, -0.1) is 0 Å². The van der Waals surface area contributed by atoms with Gasteiger partial charge in [0, 0.05) is 37.0 Å². The summed E-state index contributed by atoms with van der Waals surface area (Å²) in [5.74, 6) is 2.76. The summed E-state index contributed by atoms with van der Waals surface area (Å²) in [7, 11) is 1.66. The molecule has 0 bridgehead atoms. The number of anilines is 1. The molecule has 1 spiro atoms. The van der Waals surface area contributed by atoms with Gasteiger partial charge in [-0.05, 0) is 74.5 Å². The van der Waals surface area contributed by atoms with Crippen LogP contribution in [0.2, 0.25) is 0 Å². The van der Waals surface area contributed by atoms with Crippen LogP contribution in [0.4, 0.5) is 5.82 Å². The molecular weight excluding hydrogens is 452 g/mol. The van der Waals surface area contributed by atoms with Gasteiger partial charge in [0.05, 0.1) is 7.11 Å². The number of aromatic nitrogens is 1. The van der Waals surface area contributed by atoms with E-state index in [0.717, 1.165) is 75.7 Å². The van der Waals surface area contributed by atoms with E-state index in [2.05, 4.69) is 22.0 Å². The maximum Gasteiger partial charge on any atom is 0.254 e. The molecule has 2 saturated heterocycles. The highest BCUT2D eigenvalue weighted by molar-refractivity contribution is 5.94. The number of carbonyl (C=O) groups is 1. The highest BCUT2D eigenvalue weighted by atomic mass is 16.5. The Morgan fingerprint density at radius 2 is 1.56 bits per heavy atom. The van der Waals surface area contributed by atoms with Gasteiger partial charge >= 0.3 is 0 Å². The summed E-state index contributed by atoms with van der Waals surface area (Å²) in [6.45, 7) is 4.57. The minimum absolute atomic E-state index is 0.0584. The zero-order valence-electron chi connectivity index (χ0n) is 20.9. The first-order valence-electron chi connectivity index (χ1n) is 12.7. The second-order valence-corrected chi connectivity index (χ2v) is 9.90. The highest BCUT2D eigenvalue weighted by Gasteiger charge is 2.38. The fourth-order valence-corrected chi connectivity index (χ4v) is 5.43. The third-order valence-corrected chi connectivity index (χ3v) is 7.71. The van der Waals surface area contributed by atoms with Gasteiger partial charge in [0.25, 0.3) is 5.91 Å². The minimum Gasteiger partial charge on any atom is -0.493 e. The highest BCUT2D eigenvalue weighted by Crippen LogP contribution is 2.42. The normalized spacial score (nSPS) is 17.6. The number of ether oxygens (including phenoxy) is 2. The number of para-hydroxylation sites is 3. The van der Waals surface area contributed by atoms with E-state index in [4.69, 9.17) is 15.2 Å². The lowest BCUT2D eigenvalue weighted by Gasteiger charge is -2.47. The van der Waals surface area contributed by atoms with Crippen molar-refractivity contribution in [1.29, 1.82) is 0 Å². The molecule has 0 aliphatic carbocycles. The van der Waals surface area contributed by atoms with Crippen LogP contribution in [0.3, 0.4) is 0 Å². The van der Waals surface area contributed by atoms with Gasteiger partial charge in [0.1, 0.15) is 11.6 Å². The number of nitrogen functional groups attached to an aromatic ring is 1. The van der Waals surface area contributed by atoms with Gasteiger partial charge in [-0.3, -0.25) is 9.69 Å². The fraction of sp³-hybridized carbons (Fsp3) is 0.379. The molecule has 0 radical (unpaired) electrons. The van der Waals surface area contributed by atoms with Crippen molar-refractivity contribution in [1.82, 2.24) is 14.8 Å². The Hall–Kier alpha value is -3.58. The number of amides is 1. The SMILES string of the molecule is COc1ccccc1Oc1ccccc1CN1CCC2(CC1)CCN(C(=O)c1ccnc(N)c1)CC2. The van der Waals surface area contributed by atoms with Crippen molar-refractivity contribution in [3.8, 4) is 17.2 Å². The summed E-state index contributed by atoms with van der Waals surface area (Å²) < 4.78 is 11.7. The summed E-state index contributed by atoms with van der Waals surface area (Å²) in [4.78, 5) is 21.4. The lowest BCUT2D eigenvalue weighted by Crippen LogP contribution is -2.48. The number of methoxy groups -OCH3 is 1. The Labute approximate surface area is 212 Å². The van der Waals surface area contributed by atoms with Crippen LogP contribution in [-0.2, 0) is 6.54 Å². The van der Waals surface area contributed by atoms with E-state index in [0.29, 0.717) is 16.8 Å². The average Bonchev–Trinajstić information content (AvgIpc) is 2.91. The monoisotopic (exact) mass is 486 g/mol. The molecule has 0 atom stereocenters. The Balaban J connectivity index is 1.17. The predicted octanol–water partition coefficient (Wildman–Crippen LogP) is 4.98. The van der Waals surface area contributed by atoms with Crippen LogP contribution in [-0.4, -0.2) is 54.0 Å². The van der Waals surface area contributed by atoms with Crippen molar-refractivity contribution in [2.75, 3.05) is 39.0 Å². The van der Waals surface area contributed by atoms with Gasteiger partial charge in [-0.2, -0.15) is 0 Å². The van der Waals surface area contributed by atoms with Crippen molar-refractivity contribution in [2.45, 2.75) is 32.2 Å². The quantitative estimate of drug-likeness (QED) is 0.529. The first-order valence-corrected chi connectivity index (χ1v) is 12.7. The summed E-state index contributed by atoms with van der Waals surface area (Å²) in [6, 6.07) is 19.4. The molecule has 188 valence electrons. The predicted molar refractivity (Wildman–Crippen MR) is 140 cm³/mol. The summed E-state index contributed by atoms with van der Waals surface area (Å²) in [5, 5.41) is 0. The molecule has 7 heteroatoms. The third-order valence-electron chi connectivity index (χ3n) is 7.71. The van der Waals surface area contributed by atoms with Gasteiger partial charge in [0.15, 0.2) is 11.5 Å².